The largest absolute Gasteiger partial charge is 0.402 e. The summed E-state index contributed by atoms with van der Waals surface area (Å²) < 4.78 is 0. The third-order valence-electron chi connectivity index (χ3n) is 0.977. The molecule has 0 aliphatic rings. The van der Waals surface area contributed by atoms with Gasteiger partial charge in [0.2, 0.25) is 0 Å². The first-order valence-corrected chi connectivity index (χ1v) is 2.76. The average Bonchev–Trinajstić information content (AvgIpc) is 1.67. The Bertz CT molecular complexity index is 101. The molecule has 0 aromatic heterocycles. The van der Waals surface area contributed by atoms with E-state index in [-0.39, 0.29) is 0 Å². The van der Waals surface area contributed by atoms with Gasteiger partial charge in [0, 0.05) is 5.70 Å². The van der Waals surface area contributed by atoms with Crippen LogP contribution in [0.4, 0.5) is 0 Å². The van der Waals surface area contributed by atoms with E-state index in [0.29, 0.717) is 5.92 Å². The van der Waals surface area contributed by atoms with Gasteiger partial charge in [0.05, 0.1) is 0 Å². The highest BCUT2D eigenvalue weighted by Crippen LogP contribution is 2.00. The third-order valence-corrected chi connectivity index (χ3v) is 0.977. The summed E-state index contributed by atoms with van der Waals surface area (Å²) in [5, 5.41) is 0. The molecule has 0 saturated heterocycles. The summed E-state index contributed by atoms with van der Waals surface area (Å²) >= 11 is 0. The van der Waals surface area contributed by atoms with Crippen LogP contribution >= 0.6 is 0 Å². The minimum absolute atomic E-state index is 0.438. The Morgan fingerprint density at radius 2 is 2.12 bits per heavy atom. The summed E-state index contributed by atoms with van der Waals surface area (Å²) in [7, 11) is 0. The van der Waals surface area contributed by atoms with Gasteiger partial charge < -0.3 is 5.73 Å². The molecule has 0 unspecified atom stereocenters. The van der Waals surface area contributed by atoms with Gasteiger partial charge in [0.15, 0.2) is 0 Å². The molecule has 0 atom stereocenters. The van der Waals surface area contributed by atoms with Crippen LogP contribution in [0.3, 0.4) is 0 Å². The first kappa shape index (κ1) is 7.28. The fourth-order valence-electron chi connectivity index (χ4n) is 0.329. The fraction of sp³-hybridized carbons (Fsp3) is 0.429. The van der Waals surface area contributed by atoms with Crippen LogP contribution in [0.1, 0.15) is 13.8 Å². The van der Waals surface area contributed by atoms with Crippen LogP contribution in [0.2, 0.25) is 0 Å². The van der Waals surface area contributed by atoms with E-state index in [2.05, 4.69) is 20.4 Å². The molecule has 2 N–H and O–H groups in total. The van der Waals surface area contributed by atoms with Crippen molar-refractivity contribution in [2.75, 3.05) is 0 Å². The molecule has 0 heterocycles. The second kappa shape index (κ2) is 3.30. The summed E-state index contributed by atoms with van der Waals surface area (Å²) in [4.78, 5) is 0. The van der Waals surface area contributed by atoms with E-state index in [1.165, 1.54) is 0 Å². The van der Waals surface area contributed by atoms with Crippen molar-refractivity contribution in [2.24, 2.45) is 11.7 Å². The van der Waals surface area contributed by atoms with Crippen LogP contribution in [-0.2, 0) is 0 Å². The number of hydrogen-bond acceptors (Lipinski definition) is 1. The van der Waals surface area contributed by atoms with Gasteiger partial charge in [-0.1, -0.05) is 26.5 Å². The lowest BCUT2D eigenvalue weighted by atomic mass is 10.1. The van der Waals surface area contributed by atoms with Gasteiger partial charge in [-0.05, 0) is 12.0 Å². The molecule has 8 heavy (non-hydrogen) atoms. The highest BCUT2D eigenvalue weighted by atomic mass is 14.6. The Kier molecular flexibility index (Phi) is 3.01. The molecule has 0 bridgehead atoms. The van der Waals surface area contributed by atoms with Gasteiger partial charge in [0.25, 0.3) is 0 Å². The molecule has 0 radical (unpaired) electrons. The lowest BCUT2D eigenvalue weighted by Gasteiger charge is -2.01. The van der Waals surface area contributed by atoms with E-state index in [1.807, 2.05) is 6.08 Å². The summed E-state index contributed by atoms with van der Waals surface area (Å²) in [5.41, 5.74) is 6.41. The van der Waals surface area contributed by atoms with Crippen LogP contribution in [0, 0.1) is 5.92 Å². The second-order valence-corrected chi connectivity index (χ2v) is 2.06. The summed E-state index contributed by atoms with van der Waals surface area (Å²) in [6.07, 6.45) is 3.53. The van der Waals surface area contributed by atoms with Crippen LogP contribution in [0.5, 0.6) is 0 Å². The molecule has 0 aromatic carbocycles. The predicted molar refractivity (Wildman–Crippen MR) is 37.3 cm³/mol. The zero-order valence-corrected chi connectivity index (χ0v) is 5.52. The van der Waals surface area contributed by atoms with Crippen LogP contribution in [-0.4, -0.2) is 0 Å². The quantitative estimate of drug-likeness (QED) is 0.539. The SMILES string of the molecule is C=C/C=C(/N)C(C)C. The molecule has 1 nitrogen and oxygen atoms in total. The van der Waals surface area contributed by atoms with Gasteiger partial charge in [-0.25, -0.2) is 0 Å². The summed E-state index contributed by atoms with van der Waals surface area (Å²) in [5.74, 6) is 0.438. The number of hydrogen-bond donors (Lipinski definition) is 1. The predicted octanol–water partition coefficient (Wildman–Crippen LogP) is 1.67. The molecule has 46 valence electrons. The van der Waals surface area contributed by atoms with Crippen molar-refractivity contribution in [3.63, 3.8) is 0 Å². The lowest BCUT2D eigenvalue weighted by Crippen LogP contribution is -2.03. The van der Waals surface area contributed by atoms with Crippen LogP contribution in [0.25, 0.3) is 0 Å². The Balaban J connectivity index is 3.78. The van der Waals surface area contributed by atoms with Crippen molar-refractivity contribution in [2.45, 2.75) is 13.8 Å². The van der Waals surface area contributed by atoms with Crippen molar-refractivity contribution >= 4 is 0 Å². The van der Waals surface area contributed by atoms with Crippen molar-refractivity contribution in [3.8, 4) is 0 Å². The normalized spacial score (nSPS) is 12.1. The number of allylic oxidation sites excluding steroid dienone is 3. The minimum atomic E-state index is 0.438. The van der Waals surface area contributed by atoms with E-state index in [9.17, 15) is 0 Å². The minimum Gasteiger partial charge on any atom is -0.402 e. The molecular weight excluding hydrogens is 98.1 g/mol. The third kappa shape index (κ3) is 2.45. The van der Waals surface area contributed by atoms with Crippen LogP contribution in [0.15, 0.2) is 24.4 Å². The van der Waals surface area contributed by atoms with Gasteiger partial charge in [-0.2, -0.15) is 0 Å². The topological polar surface area (TPSA) is 26.0 Å². The fourth-order valence-corrected chi connectivity index (χ4v) is 0.329. The second-order valence-electron chi connectivity index (χ2n) is 2.06. The van der Waals surface area contributed by atoms with Crippen molar-refractivity contribution in [3.05, 3.63) is 24.4 Å². The number of nitrogens with two attached hydrogens (primary N) is 1. The maximum atomic E-state index is 5.52. The molecule has 0 saturated carbocycles. The van der Waals surface area contributed by atoms with E-state index in [4.69, 9.17) is 5.73 Å². The molecule has 0 spiro atoms. The lowest BCUT2D eigenvalue weighted by molar-refractivity contribution is 0.757. The van der Waals surface area contributed by atoms with Gasteiger partial charge in [0.1, 0.15) is 0 Å². The first-order chi connectivity index (χ1) is 3.68. The van der Waals surface area contributed by atoms with E-state index < -0.39 is 0 Å². The summed E-state index contributed by atoms with van der Waals surface area (Å²) in [6.45, 7) is 7.63. The molecule has 0 fully saturated rings. The molecule has 1 heteroatoms. The van der Waals surface area contributed by atoms with E-state index in [0.717, 1.165) is 5.70 Å². The molecule has 0 aromatic rings. The van der Waals surface area contributed by atoms with Crippen molar-refractivity contribution in [1.82, 2.24) is 0 Å². The molecule has 0 aliphatic heterocycles. The van der Waals surface area contributed by atoms with Gasteiger partial charge in [-0.15, -0.1) is 0 Å². The van der Waals surface area contributed by atoms with Gasteiger partial charge in [-0.3, -0.25) is 0 Å². The van der Waals surface area contributed by atoms with E-state index in [1.54, 1.807) is 6.08 Å². The Hall–Kier alpha value is -0.720. The first-order valence-electron chi connectivity index (χ1n) is 2.76. The van der Waals surface area contributed by atoms with Gasteiger partial charge >= 0.3 is 0 Å². The molecule has 0 rings (SSSR count). The zero-order chi connectivity index (χ0) is 6.57. The smallest absolute Gasteiger partial charge is 0.0106 e. The highest BCUT2D eigenvalue weighted by Gasteiger charge is 1.92. The molecule has 0 amide bonds. The van der Waals surface area contributed by atoms with Crippen molar-refractivity contribution < 1.29 is 0 Å². The Labute approximate surface area is 50.9 Å². The average molecular weight is 111 g/mol. The molecule has 0 aliphatic carbocycles. The monoisotopic (exact) mass is 111 g/mol. The Morgan fingerprint density at radius 1 is 1.62 bits per heavy atom. The van der Waals surface area contributed by atoms with E-state index >= 15 is 0 Å². The maximum Gasteiger partial charge on any atom is 0.0106 e. The standard InChI is InChI=1S/C7H13N/c1-4-5-7(8)6(2)3/h4-6H,1,8H2,2-3H3/b7-5+. The zero-order valence-electron chi connectivity index (χ0n) is 5.52. The van der Waals surface area contributed by atoms with Crippen molar-refractivity contribution in [1.29, 1.82) is 0 Å². The summed E-state index contributed by atoms with van der Waals surface area (Å²) in [6, 6.07) is 0. The maximum absolute atomic E-state index is 5.52. The Morgan fingerprint density at radius 3 is 2.25 bits per heavy atom. The van der Waals surface area contributed by atoms with Crippen LogP contribution < -0.4 is 5.73 Å². The highest BCUT2D eigenvalue weighted by molar-refractivity contribution is 5.08. The number of rotatable bonds is 2. The molecular formula is C7H13N.